The van der Waals surface area contributed by atoms with Gasteiger partial charge in [-0.25, -0.2) is 4.79 Å². The number of hydrogen-bond donors (Lipinski definition) is 4. The van der Waals surface area contributed by atoms with E-state index in [1.807, 2.05) is 30.3 Å². The van der Waals surface area contributed by atoms with Crippen LogP contribution in [0.5, 0.6) is 0 Å². The molecule has 0 fully saturated rings. The summed E-state index contributed by atoms with van der Waals surface area (Å²) in [5.41, 5.74) is 6.69. The van der Waals surface area contributed by atoms with Gasteiger partial charge in [0.05, 0.1) is 12.1 Å². The molecular formula is C17H17ClN4O3. The SMILES string of the molecule is NC(=O)c1cc(Cl)ccc1NCC(=O)NC(=O)NCc1ccccc1. The smallest absolute Gasteiger partial charge is 0.321 e. The average molecular weight is 361 g/mol. The number of carbonyl (C=O) groups is 3. The molecular weight excluding hydrogens is 344 g/mol. The molecule has 2 aromatic rings. The molecule has 8 heteroatoms. The third kappa shape index (κ3) is 5.82. The lowest BCUT2D eigenvalue weighted by Gasteiger charge is -2.11. The van der Waals surface area contributed by atoms with Gasteiger partial charge in [0.2, 0.25) is 5.91 Å². The number of imide groups is 1. The van der Waals surface area contributed by atoms with Crippen molar-refractivity contribution in [2.24, 2.45) is 5.73 Å². The summed E-state index contributed by atoms with van der Waals surface area (Å²) in [6.07, 6.45) is 0. The predicted molar refractivity (Wildman–Crippen MR) is 95.3 cm³/mol. The third-order valence-corrected chi connectivity index (χ3v) is 3.47. The molecule has 0 spiro atoms. The first-order valence-corrected chi connectivity index (χ1v) is 7.78. The van der Waals surface area contributed by atoms with Gasteiger partial charge in [0, 0.05) is 17.3 Å². The first-order chi connectivity index (χ1) is 12.0. The maximum atomic E-state index is 11.8. The Morgan fingerprint density at radius 3 is 2.44 bits per heavy atom. The highest BCUT2D eigenvalue weighted by Crippen LogP contribution is 2.19. The van der Waals surface area contributed by atoms with Gasteiger partial charge < -0.3 is 16.4 Å². The zero-order valence-electron chi connectivity index (χ0n) is 13.2. The zero-order valence-corrected chi connectivity index (χ0v) is 14.0. The number of halogens is 1. The van der Waals surface area contributed by atoms with E-state index in [2.05, 4.69) is 16.0 Å². The summed E-state index contributed by atoms with van der Waals surface area (Å²) in [6.45, 7) is 0.0943. The van der Waals surface area contributed by atoms with Crippen LogP contribution in [0.2, 0.25) is 5.02 Å². The normalized spacial score (nSPS) is 9.96. The lowest BCUT2D eigenvalue weighted by atomic mass is 10.1. The quantitative estimate of drug-likeness (QED) is 0.629. The molecule has 0 unspecified atom stereocenters. The minimum absolute atomic E-state index is 0.161. The van der Waals surface area contributed by atoms with Gasteiger partial charge in [0.1, 0.15) is 0 Å². The first kappa shape index (κ1) is 18.3. The molecule has 0 saturated heterocycles. The zero-order chi connectivity index (χ0) is 18.2. The van der Waals surface area contributed by atoms with Crippen LogP contribution in [0.25, 0.3) is 0 Å². The van der Waals surface area contributed by atoms with Crippen molar-refractivity contribution in [2.75, 3.05) is 11.9 Å². The number of carbonyl (C=O) groups excluding carboxylic acids is 3. The summed E-state index contributed by atoms with van der Waals surface area (Å²) in [5, 5.41) is 7.86. The molecule has 25 heavy (non-hydrogen) atoms. The molecule has 0 aliphatic carbocycles. The van der Waals surface area contributed by atoms with E-state index in [-0.39, 0.29) is 12.1 Å². The highest BCUT2D eigenvalue weighted by molar-refractivity contribution is 6.31. The Morgan fingerprint density at radius 2 is 1.76 bits per heavy atom. The Bertz CT molecular complexity index is 781. The number of amides is 4. The monoisotopic (exact) mass is 360 g/mol. The van der Waals surface area contributed by atoms with Gasteiger partial charge in [-0.3, -0.25) is 14.9 Å². The number of benzene rings is 2. The fourth-order valence-corrected chi connectivity index (χ4v) is 2.22. The number of nitrogens with one attached hydrogen (secondary N) is 3. The number of hydrogen-bond acceptors (Lipinski definition) is 4. The van der Waals surface area contributed by atoms with Crippen LogP contribution in [0.3, 0.4) is 0 Å². The summed E-state index contributed by atoms with van der Waals surface area (Å²) < 4.78 is 0. The number of nitrogens with two attached hydrogens (primary N) is 1. The van der Waals surface area contributed by atoms with Gasteiger partial charge in [-0.15, -0.1) is 0 Å². The fourth-order valence-electron chi connectivity index (χ4n) is 2.04. The van der Waals surface area contributed by atoms with Crippen molar-refractivity contribution >= 4 is 35.1 Å². The van der Waals surface area contributed by atoms with Crippen molar-refractivity contribution < 1.29 is 14.4 Å². The average Bonchev–Trinajstić information content (AvgIpc) is 2.59. The molecule has 130 valence electrons. The Balaban J connectivity index is 1.82. The van der Waals surface area contributed by atoms with E-state index in [1.54, 1.807) is 6.07 Å². The van der Waals surface area contributed by atoms with E-state index in [0.29, 0.717) is 17.3 Å². The van der Waals surface area contributed by atoms with Crippen LogP contribution < -0.4 is 21.7 Å². The third-order valence-electron chi connectivity index (χ3n) is 3.24. The molecule has 0 aliphatic rings. The molecule has 0 saturated carbocycles. The number of anilines is 1. The molecule has 0 radical (unpaired) electrons. The second kappa shape index (κ2) is 8.70. The lowest BCUT2D eigenvalue weighted by molar-refractivity contribution is -0.118. The van der Waals surface area contributed by atoms with Crippen LogP contribution in [0.4, 0.5) is 10.5 Å². The van der Waals surface area contributed by atoms with Crippen LogP contribution >= 0.6 is 11.6 Å². The summed E-state index contributed by atoms with van der Waals surface area (Å²) in [6, 6.07) is 13.2. The Labute approximate surface area is 149 Å². The molecule has 0 bridgehead atoms. The lowest BCUT2D eigenvalue weighted by Crippen LogP contribution is -2.41. The van der Waals surface area contributed by atoms with E-state index in [9.17, 15) is 14.4 Å². The van der Waals surface area contributed by atoms with E-state index < -0.39 is 17.8 Å². The maximum absolute atomic E-state index is 11.8. The van der Waals surface area contributed by atoms with Gasteiger partial charge in [-0.05, 0) is 23.8 Å². The van der Waals surface area contributed by atoms with E-state index in [0.717, 1.165) is 5.56 Å². The Hall–Kier alpha value is -3.06. The molecule has 5 N–H and O–H groups in total. The van der Waals surface area contributed by atoms with Crippen LogP contribution in [-0.2, 0) is 11.3 Å². The van der Waals surface area contributed by atoms with Gasteiger partial charge in [0.15, 0.2) is 0 Å². The van der Waals surface area contributed by atoms with Crippen molar-refractivity contribution in [1.82, 2.24) is 10.6 Å². The van der Waals surface area contributed by atoms with Crippen molar-refractivity contribution in [3.63, 3.8) is 0 Å². The molecule has 0 atom stereocenters. The second-order valence-corrected chi connectivity index (χ2v) is 5.56. The van der Waals surface area contributed by atoms with Gasteiger partial charge in [0.25, 0.3) is 5.91 Å². The molecule has 0 aliphatic heterocycles. The minimum atomic E-state index is -0.675. The number of urea groups is 1. The molecule has 0 aromatic heterocycles. The highest BCUT2D eigenvalue weighted by atomic mass is 35.5. The fraction of sp³-hybridized carbons (Fsp3) is 0.118. The van der Waals surface area contributed by atoms with E-state index in [1.165, 1.54) is 12.1 Å². The van der Waals surface area contributed by atoms with Crippen molar-refractivity contribution in [3.05, 3.63) is 64.7 Å². The minimum Gasteiger partial charge on any atom is -0.375 e. The van der Waals surface area contributed by atoms with Gasteiger partial charge in [-0.1, -0.05) is 41.9 Å². The van der Waals surface area contributed by atoms with Crippen molar-refractivity contribution in [2.45, 2.75) is 6.54 Å². The van der Waals surface area contributed by atoms with Crippen LogP contribution in [0.1, 0.15) is 15.9 Å². The topological polar surface area (TPSA) is 113 Å². The first-order valence-electron chi connectivity index (χ1n) is 7.40. The molecule has 7 nitrogen and oxygen atoms in total. The van der Waals surface area contributed by atoms with E-state index >= 15 is 0 Å². The maximum Gasteiger partial charge on any atom is 0.321 e. The van der Waals surface area contributed by atoms with Crippen LogP contribution in [0.15, 0.2) is 48.5 Å². The van der Waals surface area contributed by atoms with Crippen molar-refractivity contribution in [1.29, 1.82) is 0 Å². The summed E-state index contributed by atoms with van der Waals surface area (Å²) in [7, 11) is 0. The predicted octanol–water partition coefficient (Wildman–Crippen LogP) is 1.88. The second-order valence-electron chi connectivity index (χ2n) is 5.12. The van der Waals surface area contributed by atoms with Crippen molar-refractivity contribution in [3.8, 4) is 0 Å². The highest BCUT2D eigenvalue weighted by Gasteiger charge is 2.11. The van der Waals surface area contributed by atoms with Crippen LogP contribution in [-0.4, -0.2) is 24.4 Å². The van der Waals surface area contributed by atoms with Gasteiger partial charge in [-0.2, -0.15) is 0 Å². The summed E-state index contributed by atoms with van der Waals surface area (Å²) >= 11 is 5.81. The summed E-state index contributed by atoms with van der Waals surface area (Å²) in [4.78, 5) is 34.9. The Morgan fingerprint density at radius 1 is 1.04 bits per heavy atom. The number of rotatable bonds is 6. The standard InChI is InChI=1S/C17H17ClN4O3/c18-12-6-7-14(13(8-12)16(19)24)20-10-15(23)22-17(25)21-9-11-4-2-1-3-5-11/h1-8,20H,9-10H2,(H2,19,24)(H2,21,22,23,25). The number of primary amides is 1. The van der Waals surface area contributed by atoms with Crippen LogP contribution in [0, 0.1) is 0 Å². The summed E-state index contributed by atoms with van der Waals surface area (Å²) in [5.74, 6) is -1.23. The van der Waals surface area contributed by atoms with E-state index in [4.69, 9.17) is 17.3 Å². The van der Waals surface area contributed by atoms with Gasteiger partial charge >= 0.3 is 6.03 Å². The molecule has 0 heterocycles. The molecule has 2 rings (SSSR count). The largest absolute Gasteiger partial charge is 0.375 e. The molecule has 4 amide bonds. The Kier molecular flexibility index (Phi) is 6.36. The molecule has 2 aromatic carbocycles.